The van der Waals surface area contributed by atoms with Gasteiger partial charge in [-0.3, -0.25) is 9.59 Å². The molecule has 0 radical (unpaired) electrons. The van der Waals surface area contributed by atoms with Crippen LogP contribution in [0, 0.1) is 0 Å². The number of Topliss-reactive ketones (excluding diaryl/α,β-unsaturated/α-hetero) is 1. The van der Waals surface area contributed by atoms with Gasteiger partial charge in [0.2, 0.25) is 0 Å². The summed E-state index contributed by atoms with van der Waals surface area (Å²) in [7, 11) is 0. The van der Waals surface area contributed by atoms with Gasteiger partial charge in [-0.2, -0.15) is 0 Å². The fourth-order valence-corrected chi connectivity index (χ4v) is 2.65. The Balaban J connectivity index is 1.55. The van der Waals surface area contributed by atoms with E-state index < -0.39 is 11.7 Å². The predicted octanol–water partition coefficient (Wildman–Crippen LogP) is 3.39. The second kappa shape index (κ2) is 5.92. The Bertz CT molecular complexity index is 677. The highest BCUT2D eigenvalue weighted by Crippen LogP contribution is 2.24. The molecule has 0 bridgehead atoms. The minimum absolute atomic E-state index is 0.420. The number of nitrogens with one attached hydrogen (secondary N) is 1. The summed E-state index contributed by atoms with van der Waals surface area (Å²) in [6.07, 6.45) is 4.20. The number of carbonyl (C=O) groups excluding carboxylic acids is 2. The van der Waals surface area contributed by atoms with Gasteiger partial charge in [-0.1, -0.05) is 36.4 Å². The van der Waals surface area contributed by atoms with Gasteiger partial charge >= 0.3 is 0 Å². The van der Waals surface area contributed by atoms with Crippen molar-refractivity contribution in [2.24, 2.45) is 0 Å². The molecule has 0 fully saturated rings. The third-order valence-electron chi connectivity index (χ3n) is 3.81. The Morgan fingerprint density at radius 1 is 0.810 bits per heavy atom. The van der Waals surface area contributed by atoms with Crippen molar-refractivity contribution >= 4 is 17.4 Å². The number of unbranched alkanes of at least 4 members (excludes halogenated alkanes) is 1. The molecule has 0 saturated carbocycles. The summed E-state index contributed by atoms with van der Waals surface area (Å²) in [5, 5.41) is 2.57. The van der Waals surface area contributed by atoms with Gasteiger partial charge in [0.1, 0.15) is 0 Å². The van der Waals surface area contributed by atoms with E-state index in [0.29, 0.717) is 11.3 Å². The highest BCUT2D eigenvalue weighted by molar-refractivity contribution is 6.51. The van der Waals surface area contributed by atoms with Crippen LogP contribution in [0.15, 0.2) is 48.5 Å². The quantitative estimate of drug-likeness (QED) is 0.673. The summed E-state index contributed by atoms with van der Waals surface area (Å²) in [5.74, 6) is -0.942. The summed E-state index contributed by atoms with van der Waals surface area (Å²) < 4.78 is 0. The summed E-state index contributed by atoms with van der Waals surface area (Å²) >= 11 is 0. The Hall–Kier alpha value is -2.42. The first-order chi connectivity index (χ1) is 10.2. The normalized spacial score (nSPS) is 13.1. The van der Waals surface area contributed by atoms with Crippen LogP contribution in [0.1, 0.15) is 34.3 Å². The van der Waals surface area contributed by atoms with Crippen LogP contribution >= 0.6 is 0 Å². The minimum Gasteiger partial charge on any atom is -0.318 e. The second-order valence-electron chi connectivity index (χ2n) is 5.36. The van der Waals surface area contributed by atoms with Crippen molar-refractivity contribution in [2.45, 2.75) is 25.7 Å². The second-order valence-corrected chi connectivity index (χ2v) is 5.36. The van der Waals surface area contributed by atoms with Crippen molar-refractivity contribution in [1.29, 1.82) is 0 Å². The van der Waals surface area contributed by atoms with E-state index in [1.807, 2.05) is 24.3 Å². The molecule has 1 N–H and O–H groups in total. The largest absolute Gasteiger partial charge is 0.318 e. The van der Waals surface area contributed by atoms with E-state index in [0.717, 1.165) is 31.2 Å². The number of amides is 1. The molecule has 0 spiro atoms. The standard InChI is InChI=1S/C18H17NO2/c20-17-15-12-14(10-11-16(15)19-18(17)21)9-5-4-8-13-6-2-1-3-7-13/h1-3,6-7,10-12H,4-5,8-9H2,(H,19,20,21). The molecule has 106 valence electrons. The molecule has 2 aromatic carbocycles. The number of carbonyl (C=O) groups is 2. The molecule has 0 atom stereocenters. The lowest BCUT2D eigenvalue weighted by Gasteiger charge is -2.04. The van der Waals surface area contributed by atoms with Gasteiger partial charge in [-0.05, 0) is 48.9 Å². The molecule has 3 rings (SSSR count). The number of rotatable bonds is 5. The van der Waals surface area contributed by atoms with Crippen LogP contribution in [-0.2, 0) is 17.6 Å². The van der Waals surface area contributed by atoms with E-state index in [9.17, 15) is 9.59 Å². The molecule has 2 aromatic rings. The van der Waals surface area contributed by atoms with Crippen LogP contribution < -0.4 is 5.32 Å². The topological polar surface area (TPSA) is 46.2 Å². The molecule has 0 saturated heterocycles. The molecule has 1 aliphatic rings. The molecule has 3 heteroatoms. The number of ketones is 1. The number of aryl methyl sites for hydroxylation is 2. The van der Waals surface area contributed by atoms with Gasteiger partial charge in [0.25, 0.3) is 11.7 Å². The van der Waals surface area contributed by atoms with Crippen LogP contribution in [0.3, 0.4) is 0 Å². The smallest absolute Gasteiger partial charge is 0.296 e. The van der Waals surface area contributed by atoms with Crippen molar-refractivity contribution in [3.05, 3.63) is 65.2 Å². The fourth-order valence-electron chi connectivity index (χ4n) is 2.65. The average Bonchev–Trinajstić information content (AvgIpc) is 2.80. The third-order valence-corrected chi connectivity index (χ3v) is 3.81. The maximum absolute atomic E-state index is 11.7. The van der Waals surface area contributed by atoms with E-state index in [-0.39, 0.29) is 0 Å². The van der Waals surface area contributed by atoms with Gasteiger partial charge in [0, 0.05) is 0 Å². The van der Waals surface area contributed by atoms with E-state index >= 15 is 0 Å². The van der Waals surface area contributed by atoms with Crippen LogP contribution in [-0.4, -0.2) is 11.7 Å². The summed E-state index contributed by atoms with van der Waals surface area (Å²) in [4.78, 5) is 23.0. The molecule has 3 nitrogen and oxygen atoms in total. The average molecular weight is 279 g/mol. The minimum atomic E-state index is -0.522. The molecular weight excluding hydrogens is 262 g/mol. The molecule has 1 heterocycles. The SMILES string of the molecule is O=C1Nc2ccc(CCCCc3ccccc3)cc2C1=O. The summed E-state index contributed by atoms with van der Waals surface area (Å²) in [5.41, 5.74) is 3.63. The Morgan fingerprint density at radius 3 is 2.29 bits per heavy atom. The van der Waals surface area contributed by atoms with Crippen LogP contribution in [0.4, 0.5) is 5.69 Å². The summed E-state index contributed by atoms with van der Waals surface area (Å²) in [6, 6.07) is 16.1. The lowest BCUT2D eigenvalue weighted by molar-refractivity contribution is -0.112. The van der Waals surface area contributed by atoms with Crippen molar-refractivity contribution in [3.8, 4) is 0 Å². The highest BCUT2D eigenvalue weighted by atomic mass is 16.2. The molecular formula is C18H17NO2. The third kappa shape index (κ3) is 3.02. The van der Waals surface area contributed by atoms with Gasteiger partial charge in [-0.15, -0.1) is 0 Å². The first-order valence-corrected chi connectivity index (χ1v) is 7.26. The molecule has 0 unspecified atom stereocenters. The van der Waals surface area contributed by atoms with Crippen LogP contribution in [0.2, 0.25) is 0 Å². The Morgan fingerprint density at radius 2 is 1.52 bits per heavy atom. The zero-order chi connectivity index (χ0) is 14.7. The molecule has 0 aliphatic carbocycles. The number of hydrogen-bond donors (Lipinski definition) is 1. The van der Waals surface area contributed by atoms with Crippen molar-refractivity contribution in [3.63, 3.8) is 0 Å². The monoisotopic (exact) mass is 279 g/mol. The van der Waals surface area contributed by atoms with E-state index in [4.69, 9.17) is 0 Å². The first-order valence-electron chi connectivity index (χ1n) is 7.26. The van der Waals surface area contributed by atoms with Crippen LogP contribution in [0.5, 0.6) is 0 Å². The molecule has 21 heavy (non-hydrogen) atoms. The Labute approximate surface area is 124 Å². The lowest BCUT2D eigenvalue weighted by Crippen LogP contribution is -2.12. The van der Waals surface area contributed by atoms with Gasteiger partial charge in [0.05, 0.1) is 11.3 Å². The van der Waals surface area contributed by atoms with Crippen molar-refractivity contribution < 1.29 is 9.59 Å². The maximum atomic E-state index is 11.7. The molecule has 0 aromatic heterocycles. The fraction of sp³-hybridized carbons (Fsp3) is 0.222. The number of benzene rings is 2. The van der Waals surface area contributed by atoms with Crippen molar-refractivity contribution in [1.82, 2.24) is 0 Å². The molecule has 1 amide bonds. The van der Waals surface area contributed by atoms with E-state index in [1.54, 1.807) is 0 Å². The van der Waals surface area contributed by atoms with Gasteiger partial charge in [0.15, 0.2) is 0 Å². The van der Waals surface area contributed by atoms with Gasteiger partial charge < -0.3 is 5.32 Å². The zero-order valence-corrected chi connectivity index (χ0v) is 11.8. The number of anilines is 1. The van der Waals surface area contributed by atoms with Crippen LogP contribution in [0.25, 0.3) is 0 Å². The maximum Gasteiger partial charge on any atom is 0.296 e. The highest BCUT2D eigenvalue weighted by Gasteiger charge is 2.27. The number of fused-ring (bicyclic) bond motifs is 1. The zero-order valence-electron chi connectivity index (χ0n) is 11.8. The van der Waals surface area contributed by atoms with E-state index in [1.165, 1.54) is 5.56 Å². The summed E-state index contributed by atoms with van der Waals surface area (Å²) in [6.45, 7) is 0. The van der Waals surface area contributed by atoms with Gasteiger partial charge in [-0.25, -0.2) is 0 Å². The first kappa shape index (κ1) is 13.6. The lowest BCUT2D eigenvalue weighted by atomic mass is 10.0. The number of hydrogen-bond acceptors (Lipinski definition) is 2. The molecule has 1 aliphatic heterocycles. The Kier molecular flexibility index (Phi) is 3.82. The predicted molar refractivity (Wildman–Crippen MR) is 82.5 cm³/mol. The van der Waals surface area contributed by atoms with Crippen molar-refractivity contribution in [2.75, 3.05) is 5.32 Å². The van der Waals surface area contributed by atoms with E-state index in [2.05, 4.69) is 29.6 Å².